The number of hydrogen-bond donors (Lipinski definition) is 3. The molecule has 0 saturated carbocycles. The minimum Gasteiger partial charge on any atom is -0.351 e. The Hall–Kier alpha value is -1.66. The van der Waals surface area contributed by atoms with Gasteiger partial charge in [0.1, 0.15) is 5.82 Å². The van der Waals surface area contributed by atoms with E-state index < -0.39 is 0 Å². The van der Waals surface area contributed by atoms with Crippen LogP contribution in [0.1, 0.15) is 42.2 Å². The number of carbonyl (C=O) groups excluding carboxylic acids is 1. The first kappa shape index (κ1) is 15.7. The molecule has 1 aliphatic rings. The quantitative estimate of drug-likeness (QED) is 0.541. The summed E-state index contributed by atoms with van der Waals surface area (Å²) in [6.45, 7) is 5.88. The average Bonchev–Trinajstić information content (AvgIpc) is 2.55. The van der Waals surface area contributed by atoms with Gasteiger partial charge < -0.3 is 15.6 Å². The SMILES string of the molecule is CCc1cc(C(=O)NCCN2CCCCC2)cc(NN)n1. The monoisotopic (exact) mass is 291 g/mol. The van der Waals surface area contributed by atoms with Crippen LogP contribution >= 0.6 is 0 Å². The van der Waals surface area contributed by atoms with Gasteiger partial charge in [-0.3, -0.25) is 4.79 Å². The molecule has 0 unspecified atom stereocenters. The van der Waals surface area contributed by atoms with Gasteiger partial charge in [-0.2, -0.15) is 0 Å². The number of hydrazine groups is 1. The van der Waals surface area contributed by atoms with Crippen molar-refractivity contribution in [2.75, 3.05) is 31.6 Å². The highest BCUT2D eigenvalue weighted by molar-refractivity contribution is 5.95. The first-order valence-corrected chi connectivity index (χ1v) is 7.71. The molecule has 1 fully saturated rings. The number of anilines is 1. The summed E-state index contributed by atoms with van der Waals surface area (Å²) in [5.41, 5.74) is 3.96. The lowest BCUT2D eigenvalue weighted by atomic mass is 10.1. The molecule has 2 rings (SSSR count). The molecule has 1 saturated heterocycles. The Morgan fingerprint density at radius 3 is 2.76 bits per heavy atom. The molecule has 1 aliphatic heterocycles. The van der Waals surface area contributed by atoms with E-state index in [0.29, 0.717) is 17.9 Å². The molecule has 0 aromatic carbocycles. The summed E-state index contributed by atoms with van der Waals surface area (Å²) in [7, 11) is 0. The van der Waals surface area contributed by atoms with E-state index in [0.717, 1.165) is 31.7 Å². The van der Waals surface area contributed by atoms with Gasteiger partial charge in [0.05, 0.1) is 0 Å². The molecule has 1 amide bonds. The standard InChI is InChI=1S/C15H25N5O/c1-2-13-10-12(11-14(18-13)19-16)15(21)17-6-9-20-7-4-3-5-8-20/h10-11H,2-9,16H2,1H3,(H,17,21)(H,18,19). The average molecular weight is 291 g/mol. The molecule has 0 bridgehead atoms. The molecule has 2 heterocycles. The van der Waals surface area contributed by atoms with Crippen molar-refractivity contribution in [2.45, 2.75) is 32.6 Å². The lowest BCUT2D eigenvalue weighted by Gasteiger charge is -2.26. The third-order valence-electron chi connectivity index (χ3n) is 3.81. The van der Waals surface area contributed by atoms with Gasteiger partial charge in [0, 0.05) is 24.3 Å². The van der Waals surface area contributed by atoms with Crippen LogP contribution < -0.4 is 16.6 Å². The molecule has 6 heteroatoms. The summed E-state index contributed by atoms with van der Waals surface area (Å²) in [6.07, 6.45) is 4.63. The Morgan fingerprint density at radius 2 is 2.10 bits per heavy atom. The number of carbonyl (C=O) groups is 1. The number of pyridine rings is 1. The highest BCUT2D eigenvalue weighted by atomic mass is 16.1. The zero-order valence-electron chi connectivity index (χ0n) is 12.7. The van der Waals surface area contributed by atoms with Gasteiger partial charge in [0.25, 0.3) is 5.91 Å². The Labute approximate surface area is 126 Å². The molecule has 21 heavy (non-hydrogen) atoms. The number of nitrogens with two attached hydrogens (primary N) is 1. The van der Waals surface area contributed by atoms with Crippen LogP contribution in [0.2, 0.25) is 0 Å². The van der Waals surface area contributed by atoms with Crippen LogP contribution in [0, 0.1) is 0 Å². The summed E-state index contributed by atoms with van der Waals surface area (Å²) >= 11 is 0. The van der Waals surface area contributed by atoms with Crippen molar-refractivity contribution in [1.82, 2.24) is 15.2 Å². The molecule has 0 atom stereocenters. The summed E-state index contributed by atoms with van der Waals surface area (Å²) < 4.78 is 0. The van der Waals surface area contributed by atoms with E-state index in [2.05, 4.69) is 20.6 Å². The van der Waals surface area contributed by atoms with Gasteiger partial charge >= 0.3 is 0 Å². The number of likely N-dealkylation sites (tertiary alicyclic amines) is 1. The number of aromatic nitrogens is 1. The third-order valence-corrected chi connectivity index (χ3v) is 3.81. The number of nitrogen functional groups attached to an aromatic ring is 1. The van der Waals surface area contributed by atoms with Crippen molar-refractivity contribution in [3.8, 4) is 0 Å². The van der Waals surface area contributed by atoms with Crippen LogP contribution in [-0.2, 0) is 6.42 Å². The van der Waals surface area contributed by atoms with Crippen molar-refractivity contribution in [2.24, 2.45) is 5.84 Å². The van der Waals surface area contributed by atoms with Crippen molar-refractivity contribution in [1.29, 1.82) is 0 Å². The van der Waals surface area contributed by atoms with E-state index in [4.69, 9.17) is 5.84 Å². The molecule has 1 aromatic heterocycles. The summed E-state index contributed by atoms with van der Waals surface area (Å²) in [5, 5.41) is 2.97. The predicted octanol–water partition coefficient (Wildman–Crippen LogP) is 1.15. The molecule has 116 valence electrons. The fourth-order valence-corrected chi connectivity index (χ4v) is 2.59. The maximum absolute atomic E-state index is 12.2. The maximum Gasteiger partial charge on any atom is 0.251 e. The second kappa shape index (κ2) is 7.95. The van der Waals surface area contributed by atoms with E-state index >= 15 is 0 Å². The van der Waals surface area contributed by atoms with Crippen molar-refractivity contribution < 1.29 is 4.79 Å². The lowest BCUT2D eigenvalue weighted by molar-refractivity contribution is 0.0946. The van der Waals surface area contributed by atoms with Gasteiger partial charge in [-0.05, 0) is 44.5 Å². The molecular formula is C15H25N5O. The predicted molar refractivity (Wildman–Crippen MR) is 84.0 cm³/mol. The molecule has 0 aliphatic carbocycles. The topological polar surface area (TPSA) is 83.3 Å². The number of piperidine rings is 1. The minimum atomic E-state index is -0.0689. The second-order valence-electron chi connectivity index (χ2n) is 5.39. The van der Waals surface area contributed by atoms with Crippen LogP contribution in [0.3, 0.4) is 0 Å². The van der Waals surface area contributed by atoms with Crippen molar-refractivity contribution in [3.63, 3.8) is 0 Å². The van der Waals surface area contributed by atoms with Crippen LogP contribution in [-0.4, -0.2) is 42.0 Å². The largest absolute Gasteiger partial charge is 0.351 e. The highest BCUT2D eigenvalue weighted by Gasteiger charge is 2.12. The van der Waals surface area contributed by atoms with Crippen LogP contribution in [0.4, 0.5) is 5.82 Å². The number of aryl methyl sites for hydroxylation is 1. The van der Waals surface area contributed by atoms with Gasteiger partial charge in [-0.25, -0.2) is 10.8 Å². The van der Waals surface area contributed by atoms with Crippen molar-refractivity contribution >= 4 is 11.7 Å². The third kappa shape index (κ3) is 4.68. The highest BCUT2D eigenvalue weighted by Crippen LogP contribution is 2.11. The Kier molecular flexibility index (Phi) is 5.95. The number of nitrogens with one attached hydrogen (secondary N) is 2. The number of nitrogens with zero attached hydrogens (tertiary/aromatic N) is 2. The molecule has 6 nitrogen and oxygen atoms in total. The molecular weight excluding hydrogens is 266 g/mol. The maximum atomic E-state index is 12.2. The number of amides is 1. The van der Waals surface area contributed by atoms with Crippen LogP contribution in [0.25, 0.3) is 0 Å². The van der Waals surface area contributed by atoms with E-state index in [1.807, 2.05) is 13.0 Å². The normalized spacial score (nSPS) is 15.7. The number of hydrogen-bond acceptors (Lipinski definition) is 5. The molecule has 4 N–H and O–H groups in total. The van der Waals surface area contributed by atoms with Crippen LogP contribution in [0.15, 0.2) is 12.1 Å². The summed E-state index contributed by atoms with van der Waals surface area (Å²) in [4.78, 5) is 18.9. The fourth-order valence-electron chi connectivity index (χ4n) is 2.59. The zero-order chi connectivity index (χ0) is 15.1. The summed E-state index contributed by atoms with van der Waals surface area (Å²) in [5.74, 6) is 5.84. The number of rotatable bonds is 6. The summed E-state index contributed by atoms with van der Waals surface area (Å²) in [6, 6.07) is 3.49. The van der Waals surface area contributed by atoms with Gasteiger partial charge in [-0.15, -0.1) is 0 Å². The van der Waals surface area contributed by atoms with E-state index in [1.54, 1.807) is 6.07 Å². The van der Waals surface area contributed by atoms with Crippen LogP contribution in [0.5, 0.6) is 0 Å². The molecule has 0 radical (unpaired) electrons. The Balaban J connectivity index is 1.87. The van der Waals surface area contributed by atoms with E-state index in [1.165, 1.54) is 19.3 Å². The van der Waals surface area contributed by atoms with E-state index in [-0.39, 0.29) is 5.91 Å². The molecule has 0 spiro atoms. The molecule has 1 aromatic rings. The Bertz CT molecular complexity index is 449. The van der Waals surface area contributed by atoms with Gasteiger partial charge in [-0.1, -0.05) is 13.3 Å². The smallest absolute Gasteiger partial charge is 0.251 e. The van der Waals surface area contributed by atoms with Gasteiger partial charge in [0.15, 0.2) is 0 Å². The minimum absolute atomic E-state index is 0.0689. The van der Waals surface area contributed by atoms with E-state index in [9.17, 15) is 4.79 Å². The zero-order valence-corrected chi connectivity index (χ0v) is 12.7. The Morgan fingerprint density at radius 1 is 1.33 bits per heavy atom. The lowest BCUT2D eigenvalue weighted by Crippen LogP contribution is -2.37. The van der Waals surface area contributed by atoms with Gasteiger partial charge in [0.2, 0.25) is 0 Å². The second-order valence-corrected chi connectivity index (χ2v) is 5.39. The first-order chi connectivity index (χ1) is 10.2. The fraction of sp³-hybridized carbons (Fsp3) is 0.600. The van der Waals surface area contributed by atoms with Crippen molar-refractivity contribution in [3.05, 3.63) is 23.4 Å². The first-order valence-electron chi connectivity index (χ1n) is 7.71.